The Morgan fingerprint density at radius 1 is 1.15 bits per heavy atom. The minimum Gasteiger partial charge on any atom is -0.300 e. The maximum atomic E-state index is 2.74. The third kappa shape index (κ3) is 2.16. The predicted octanol–water partition coefficient (Wildman–Crippen LogP) is 2.81. The van der Waals surface area contributed by atoms with Gasteiger partial charge in [0, 0.05) is 14.1 Å². The fourth-order valence-corrected chi connectivity index (χ4v) is 5.26. The lowest BCUT2D eigenvalue weighted by atomic mass is 10.0. The molecule has 0 aromatic rings. The molecule has 2 aliphatic heterocycles. The standard InChI is InChI=1S/C11H23NSi/c1-13(2,3)9-10-6-8-12-7-4-5-11(10)12/h10-11H,4-9H2,1-3H3/t10-,11-/m1/s1. The van der Waals surface area contributed by atoms with Crippen LogP contribution in [0.2, 0.25) is 25.7 Å². The monoisotopic (exact) mass is 197 g/mol. The van der Waals surface area contributed by atoms with Gasteiger partial charge >= 0.3 is 0 Å². The lowest BCUT2D eigenvalue weighted by Crippen LogP contribution is -2.31. The van der Waals surface area contributed by atoms with E-state index in [1.165, 1.54) is 32.4 Å². The Morgan fingerprint density at radius 2 is 1.92 bits per heavy atom. The minimum atomic E-state index is -0.809. The van der Waals surface area contributed by atoms with Crippen LogP contribution in [-0.2, 0) is 0 Å². The second-order valence-corrected chi connectivity index (χ2v) is 11.6. The first-order valence-corrected chi connectivity index (χ1v) is 9.51. The van der Waals surface area contributed by atoms with E-state index in [-0.39, 0.29) is 0 Å². The minimum absolute atomic E-state index is 0.809. The Bertz CT molecular complexity index is 185. The summed E-state index contributed by atoms with van der Waals surface area (Å²) < 4.78 is 0. The third-order valence-corrected chi connectivity index (χ3v) is 5.37. The van der Waals surface area contributed by atoms with Crippen molar-refractivity contribution in [2.45, 2.75) is 51.0 Å². The normalized spacial score (nSPS) is 35.3. The van der Waals surface area contributed by atoms with Crippen LogP contribution < -0.4 is 0 Å². The van der Waals surface area contributed by atoms with Crippen LogP contribution in [0.25, 0.3) is 0 Å². The average molecular weight is 197 g/mol. The molecule has 2 aliphatic rings. The van der Waals surface area contributed by atoms with Gasteiger partial charge in [-0.2, -0.15) is 0 Å². The summed E-state index contributed by atoms with van der Waals surface area (Å²) in [6.07, 6.45) is 4.46. The molecule has 2 heteroatoms. The summed E-state index contributed by atoms with van der Waals surface area (Å²) in [4.78, 5) is 2.74. The Balaban J connectivity index is 1.94. The number of nitrogens with zero attached hydrogens (tertiary/aromatic N) is 1. The van der Waals surface area contributed by atoms with Gasteiger partial charge in [-0.1, -0.05) is 25.7 Å². The molecular weight excluding hydrogens is 174 g/mol. The molecule has 2 atom stereocenters. The fourth-order valence-electron chi connectivity index (χ4n) is 3.21. The average Bonchev–Trinajstić information content (AvgIpc) is 2.50. The first-order chi connectivity index (χ1) is 6.06. The summed E-state index contributed by atoms with van der Waals surface area (Å²) in [6.45, 7) is 10.4. The van der Waals surface area contributed by atoms with Crippen molar-refractivity contribution in [1.82, 2.24) is 4.90 Å². The SMILES string of the molecule is C[Si](C)(C)C[C@H]1CCN2CCC[C@H]12. The second-order valence-electron chi connectivity index (χ2n) is 6.06. The van der Waals surface area contributed by atoms with Crippen molar-refractivity contribution in [2.24, 2.45) is 5.92 Å². The van der Waals surface area contributed by atoms with E-state index in [4.69, 9.17) is 0 Å². The van der Waals surface area contributed by atoms with Crippen molar-refractivity contribution in [1.29, 1.82) is 0 Å². The van der Waals surface area contributed by atoms with Crippen LogP contribution in [0.15, 0.2) is 0 Å². The van der Waals surface area contributed by atoms with Crippen LogP contribution in [-0.4, -0.2) is 32.1 Å². The predicted molar refractivity (Wildman–Crippen MR) is 60.9 cm³/mol. The molecule has 13 heavy (non-hydrogen) atoms. The van der Waals surface area contributed by atoms with Crippen LogP contribution in [0.5, 0.6) is 0 Å². The van der Waals surface area contributed by atoms with Crippen molar-refractivity contribution in [2.75, 3.05) is 13.1 Å². The zero-order valence-corrected chi connectivity index (χ0v) is 10.3. The molecule has 0 radical (unpaired) electrons. The van der Waals surface area contributed by atoms with Crippen LogP contribution in [0.4, 0.5) is 0 Å². The van der Waals surface area contributed by atoms with Gasteiger partial charge < -0.3 is 4.90 Å². The Hall–Kier alpha value is 0.177. The fraction of sp³-hybridized carbons (Fsp3) is 1.00. The van der Waals surface area contributed by atoms with E-state index < -0.39 is 8.07 Å². The molecule has 2 saturated heterocycles. The lowest BCUT2D eigenvalue weighted by Gasteiger charge is -2.26. The molecule has 76 valence electrons. The summed E-state index contributed by atoms with van der Waals surface area (Å²) in [6, 6.07) is 2.56. The van der Waals surface area contributed by atoms with Gasteiger partial charge in [0.25, 0.3) is 0 Å². The van der Waals surface area contributed by atoms with Gasteiger partial charge in [0.05, 0.1) is 0 Å². The van der Waals surface area contributed by atoms with E-state index in [2.05, 4.69) is 24.5 Å². The van der Waals surface area contributed by atoms with Gasteiger partial charge in [0.15, 0.2) is 0 Å². The highest BCUT2D eigenvalue weighted by Gasteiger charge is 2.38. The largest absolute Gasteiger partial charge is 0.300 e. The molecule has 0 aromatic carbocycles. The molecule has 0 aromatic heterocycles. The van der Waals surface area contributed by atoms with Crippen molar-refractivity contribution >= 4 is 8.07 Å². The van der Waals surface area contributed by atoms with Gasteiger partial charge in [-0.15, -0.1) is 0 Å². The quantitative estimate of drug-likeness (QED) is 0.615. The first kappa shape index (κ1) is 9.72. The highest BCUT2D eigenvalue weighted by atomic mass is 28.3. The smallest absolute Gasteiger partial charge is 0.0446 e. The summed E-state index contributed by atoms with van der Waals surface area (Å²) in [5, 5.41) is 0. The van der Waals surface area contributed by atoms with Crippen molar-refractivity contribution in [3.8, 4) is 0 Å². The van der Waals surface area contributed by atoms with Gasteiger partial charge in [-0.25, -0.2) is 0 Å². The molecule has 0 spiro atoms. The van der Waals surface area contributed by atoms with Crippen molar-refractivity contribution in [3.63, 3.8) is 0 Å². The molecular formula is C11H23NSi. The Kier molecular flexibility index (Phi) is 2.54. The maximum absolute atomic E-state index is 2.74. The molecule has 0 aliphatic carbocycles. The van der Waals surface area contributed by atoms with Crippen LogP contribution in [0.1, 0.15) is 19.3 Å². The van der Waals surface area contributed by atoms with E-state index in [0.717, 1.165) is 12.0 Å². The molecule has 0 saturated carbocycles. The van der Waals surface area contributed by atoms with Crippen LogP contribution in [0.3, 0.4) is 0 Å². The van der Waals surface area contributed by atoms with E-state index in [9.17, 15) is 0 Å². The molecule has 2 heterocycles. The highest BCUT2D eigenvalue weighted by Crippen LogP contribution is 2.37. The topological polar surface area (TPSA) is 3.24 Å². The first-order valence-electron chi connectivity index (χ1n) is 5.80. The van der Waals surface area contributed by atoms with Crippen LogP contribution >= 0.6 is 0 Å². The molecule has 0 N–H and O–H groups in total. The summed E-state index contributed by atoms with van der Waals surface area (Å²) in [7, 11) is -0.809. The van der Waals surface area contributed by atoms with Gasteiger partial charge in [-0.3, -0.25) is 0 Å². The zero-order chi connectivity index (χ0) is 9.47. The van der Waals surface area contributed by atoms with E-state index in [0.29, 0.717) is 0 Å². The lowest BCUT2D eigenvalue weighted by molar-refractivity contribution is 0.298. The zero-order valence-electron chi connectivity index (χ0n) is 9.34. The van der Waals surface area contributed by atoms with Crippen molar-refractivity contribution < 1.29 is 0 Å². The third-order valence-electron chi connectivity index (χ3n) is 3.62. The van der Waals surface area contributed by atoms with Gasteiger partial charge in [0.1, 0.15) is 0 Å². The summed E-state index contributed by atoms with van der Waals surface area (Å²) >= 11 is 0. The molecule has 2 fully saturated rings. The Labute approximate surface area is 83.5 Å². The number of hydrogen-bond donors (Lipinski definition) is 0. The molecule has 0 unspecified atom stereocenters. The molecule has 2 rings (SSSR count). The Morgan fingerprint density at radius 3 is 2.62 bits per heavy atom. The summed E-state index contributed by atoms with van der Waals surface area (Å²) in [5.74, 6) is 1.06. The number of rotatable bonds is 2. The molecule has 0 bridgehead atoms. The van der Waals surface area contributed by atoms with E-state index in [1.54, 1.807) is 6.04 Å². The molecule has 0 amide bonds. The second kappa shape index (κ2) is 3.39. The van der Waals surface area contributed by atoms with Crippen molar-refractivity contribution in [3.05, 3.63) is 0 Å². The summed E-state index contributed by atoms with van der Waals surface area (Å²) in [5.41, 5.74) is 0. The van der Waals surface area contributed by atoms with E-state index >= 15 is 0 Å². The van der Waals surface area contributed by atoms with Crippen LogP contribution in [0, 0.1) is 5.92 Å². The van der Waals surface area contributed by atoms with Gasteiger partial charge in [-0.05, 0) is 38.3 Å². The van der Waals surface area contributed by atoms with Gasteiger partial charge in [0.2, 0.25) is 0 Å². The van der Waals surface area contributed by atoms with E-state index in [1.807, 2.05) is 0 Å². The number of hydrogen-bond acceptors (Lipinski definition) is 1. The number of fused-ring (bicyclic) bond motifs is 1. The molecule has 1 nitrogen and oxygen atoms in total. The maximum Gasteiger partial charge on any atom is 0.0446 e. The highest BCUT2D eigenvalue weighted by molar-refractivity contribution is 6.76.